The lowest BCUT2D eigenvalue weighted by Crippen LogP contribution is -2.30. The fraction of sp³-hybridized carbons (Fsp3) is 0.647. The van der Waals surface area contributed by atoms with E-state index in [4.69, 9.17) is 9.47 Å². The second kappa shape index (κ2) is 7.53. The largest absolute Gasteiger partial charge is 0.491 e. The van der Waals surface area contributed by atoms with E-state index in [0.717, 1.165) is 23.3 Å². The van der Waals surface area contributed by atoms with E-state index in [1.807, 2.05) is 12.1 Å². The molecule has 1 aromatic rings. The fourth-order valence-electron chi connectivity index (χ4n) is 3.22. The maximum Gasteiger partial charge on any atom is 0.121 e. The molecule has 0 saturated heterocycles. The van der Waals surface area contributed by atoms with E-state index in [1.165, 1.54) is 19.3 Å². The van der Waals surface area contributed by atoms with Gasteiger partial charge in [-0.05, 0) is 43.2 Å². The van der Waals surface area contributed by atoms with E-state index in [-0.39, 0.29) is 0 Å². The van der Waals surface area contributed by atoms with Gasteiger partial charge in [-0.15, -0.1) is 0 Å². The highest BCUT2D eigenvalue weighted by Crippen LogP contribution is 2.31. The number of anilines is 1. The Labute approximate surface area is 122 Å². The molecule has 3 nitrogen and oxygen atoms in total. The van der Waals surface area contributed by atoms with Gasteiger partial charge in [-0.2, -0.15) is 0 Å². The summed E-state index contributed by atoms with van der Waals surface area (Å²) in [5, 5.41) is 3.66. The Morgan fingerprint density at radius 2 is 1.85 bits per heavy atom. The standard InChI is InChI=1S/C17H27NO2/c1-13-9-14(2)11-16(10-13)18-15-5-4-6-17(12-15)20-8-7-19-3/h4-6,12-14,16,18H,7-11H2,1-3H3. The molecule has 1 N–H and O–H groups in total. The van der Waals surface area contributed by atoms with Gasteiger partial charge in [0.2, 0.25) is 0 Å². The van der Waals surface area contributed by atoms with Crippen LogP contribution in [-0.2, 0) is 4.74 Å². The Morgan fingerprint density at radius 3 is 2.55 bits per heavy atom. The topological polar surface area (TPSA) is 30.5 Å². The summed E-state index contributed by atoms with van der Waals surface area (Å²) in [6.07, 6.45) is 3.89. The molecule has 0 bridgehead atoms. The second-order valence-corrected chi connectivity index (χ2v) is 6.13. The number of nitrogens with one attached hydrogen (secondary N) is 1. The number of ether oxygens (including phenoxy) is 2. The molecule has 2 atom stereocenters. The summed E-state index contributed by atoms with van der Waals surface area (Å²) in [5.74, 6) is 2.54. The van der Waals surface area contributed by atoms with Gasteiger partial charge in [0.1, 0.15) is 12.4 Å². The molecule has 20 heavy (non-hydrogen) atoms. The first-order valence-electron chi connectivity index (χ1n) is 7.65. The Hall–Kier alpha value is -1.22. The van der Waals surface area contributed by atoms with Crippen LogP contribution in [-0.4, -0.2) is 26.4 Å². The average molecular weight is 277 g/mol. The van der Waals surface area contributed by atoms with Gasteiger partial charge in [0, 0.05) is 24.9 Å². The molecule has 2 rings (SSSR count). The van der Waals surface area contributed by atoms with Crippen molar-refractivity contribution >= 4 is 5.69 Å². The number of hydrogen-bond acceptors (Lipinski definition) is 3. The lowest BCUT2D eigenvalue weighted by atomic mass is 9.80. The number of rotatable bonds is 6. The van der Waals surface area contributed by atoms with Crippen molar-refractivity contribution in [1.29, 1.82) is 0 Å². The molecule has 0 heterocycles. The van der Waals surface area contributed by atoms with Crippen LogP contribution in [0.3, 0.4) is 0 Å². The summed E-state index contributed by atoms with van der Waals surface area (Å²) in [5.41, 5.74) is 1.16. The van der Waals surface area contributed by atoms with Crippen molar-refractivity contribution in [2.45, 2.75) is 39.2 Å². The van der Waals surface area contributed by atoms with Crippen LogP contribution in [0.4, 0.5) is 5.69 Å². The van der Waals surface area contributed by atoms with Crippen LogP contribution in [0.15, 0.2) is 24.3 Å². The zero-order valence-electron chi connectivity index (χ0n) is 12.9. The van der Waals surface area contributed by atoms with Crippen molar-refractivity contribution in [1.82, 2.24) is 0 Å². The normalized spacial score (nSPS) is 26.2. The number of hydrogen-bond donors (Lipinski definition) is 1. The predicted octanol–water partition coefficient (Wildman–Crippen LogP) is 3.95. The minimum absolute atomic E-state index is 0.586. The van der Waals surface area contributed by atoms with Gasteiger partial charge in [-0.1, -0.05) is 19.9 Å². The Balaban J connectivity index is 1.90. The van der Waals surface area contributed by atoms with Gasteiger partial charge < -0.3 is 14.8 Å². The quantitative estimate of drug-likeness (QED) is 0.799. The summed E-state index contributed by atoms with van der Waals surface area (Å²) in [7, 11) is 1.69. The highest BCUT2D eigenvalue weighted by atomic mass is 16.5. The minimum atomic E-state index is 0.586. The van der Waals surface area contributed by atoms with Crippen LogP contribution in [0.2, 0.25) is 0 Å². The van der Waals surface area contributed by atoms with Gasteiger partial charge in [-0.25, -0.2) is 0 Å². The second-order valence-electron chi connectivity index (χ2n) is 6.13. The van der Waals surface area contributed by atoms with Gasteiger partial charge >= 0.3 is 0 Å². The molecule has 112 valence electrons. The third kappa shape index (κ3) is 4.71. The number of benzene rings is 1. The average Bonchev–Trinajstić information content (AvgIpc) is 2.38. The molecule has 0 amide bonds. The molecular weight excluding hydrogens is 250 g/mol. The van der Waals surface area contributed by atoms with Crippen LogP contribution >= 0.6 is 0 Å². The first kappa shape index (κ1) is 15.2. The van der Waals surface area contributed by atoms with E-state index in [0.29, 0.717) is 19.3 Å². The zero-order valence-corrected chi connectivity index (χ0v) is 12.9. The van der Waals surface area contributed by atoms with Gasteiger partial charge in [-0.3, -0.25) is 0 Å². The first-order valence-corrected chi connectivity index (χ1v) is 7.65. The molecular formula is C17H27NO2. The molecule has 0 spiro atoms. The molecule has 2 unspecified atom stereocenters. The predicted molar refractivity (Wildman–Crippen MR) is 83.4 cm³/mol. The summed E-state index contributed by atoms with van der Waals surface area (Å²) in [4.78, 5) is 0. The van der Waals surface area contributed by atoms with E-state index >= 15 is 0 Å². The Kier molecular flexibility index (Phi) is 5.72. The molecule has 1 aliphatic carbocycles. The third-order valence-electron chi connectivity index (χ3n) is 3.94. The van der Waals surface area contributed by atoms with Crippen LogP contribution in [0.25, 0.3) is 0 Å². The van der Waals surface area contributed by atoms with Gasteiger partial charge in [0.25, 0.3) is 0 Å². The molecule has 3 heteroatoms. The van der Waals surface area contributed by atoms with Crippen molar-refractivity contribution in [3.8, 4) is 5.75 Å². The van der Waals surface area contributed by atoms with Crippen LogP contribution in [0.5, 0.6) is 5.75 Å². The van der Waals surface area contributed by atoms with Gasteiger partial charge in [0.15, 0.2) is 0 Å². The van der Waals surface area contributed by atoms with E-state index in [9.17, 15) is 0 Å². The molecule has 0 radical (unpaired) electrons. The smallest absolute Gasteiger partial charge is 0.121 e. The van der Waals surface area contributed by atoms with Crippen molar-refractivity contribution in [2.24, 2.45) is 11.8 Å². The summed E-state index contributed by atoms with van der Waals surface area (Å²) >= 11 is 0. The maximum atomic E-state index is 5.65. The highest BCUT2D eigenvalue weighted by Gasteiger charge is 2.23. The van der Waals surface area contributed by atoms with Gasteiger partial charge in [0.05, 0.1) is 6.61 Å². The van der Waals surface area contributed by atoms with Crippen LogP contribution < -0.4 is 10.1 Å². The zero-order chi connectivity index (χ0) is 14.4. The van der Waals surface area contributed by atoms with Crippen molar-refractivity contribution in [3.63, 3.8) is 0 Å². The van der Waals surface area contributed by atoms with Crippen molar-refractivity contribution in [3.05, 3.63) is 24.3 Å². The molecule has 0 aromatic heterocycles. The summed E-state index contributed by atoms with van der Waals surface area (Å²) in [6.45, 7) is 5.93. The summed E-state index contributed by atoms with van der Waals surface area (Å²) in [6, 6.07) is 8.82. The molecule has 1 aromatic carbocycles. The highest BCUT2D eigenvalue weighted by molar-refractivity contribution is 5.48. The Bertz CT molecular complexity index is 398. The van der Waals surface area contributed by atoms with Crippen LogP contribution in [0.1, 0.15) is 33.1 Å². The lowest BCUT2D eigenvalue weighted by molar-refractivity contribution is 0.146. The van der Waals surface area contributed by atoms with Crippen molar-refractivity contribution in [2.75, 3.05) is 25.6 Å². The third-order valence-corrected chi connectivity index (χ3v) is 3.94. The molecule has 1 saturated carbocycles. The summed E-state index contributed by atoms with van der Waals surface area (Å²) < 4.78 is 10.7. The molecule has 0 aliphatic heterocycles. The molecule has 1 aliphatic rings. The number of methoxy groups -OCH3 is 1. The van der Waals surface area contributed by atoms with E-state index in [2.05, 4.69) is 31.3 Å². The fourth-order valence-corrected chi connectivity index (χ4v) is 3.22. The van der Waals surface area contributed by atoms with Crippen LogP contribution in [0, 0.1) is 11.8 Å². The van der Waals surface area contributed by atoms with E-state index < -0.39 is 0 Å². The Morgan fingerprint density at radius 1 is 1.10 bits per heavy atom. The first-order chi connectivity index (χ1) is 9.67. The maximum absolute atomic E-state index is 5.65. The SMILES string of the molecule is COCCOc1cccc(NC2CC(C)CC(C)C2)c1. The van der Waals surface area contributed by atoms with Crippen molar-refractivity contribution < 1.29 is 9.47 Å². The monoisotopic (exact) mass is 277 g/mol. The van der Waals surface area contributed by atoms with E-state index in [1.54, 1.807) is 7.11 Å². The molecule has 1 fully saturated rings. The minimum Gasteiger partial charge on any atom is -0.491 e. The lowest BCUT2D eigenvalue weighted by Gasteiger charge is -2.32.